The van der Waals surface area contributed by atoms with Crippen molar-refractivity contribution in [3.05, 3.63) is 59.9 Å². The van der Waals surface area contributed by atoms with Crippen molar-refractivity contribution in [2.24, 2.45) is 0 Å². The molecule has 2 aromatic heterocycles. The fourth-order valence-electron chi connectivity index (χ4n) is 3.68. The molecule has 0 saturated carbocycles. The lowest BCUT2D eigenvalue weighted by atomic mass is 10.2. The molecule has 8 nitrogen and oxygen atoms in total. The number of rotatable bonds is 6. The van der Waals surface area contributed by atoms with Gasteiger partial charge in [0.05, 0.1) is 22.0 Å². The minimum Gasteiger partial charge on any atom is -0.369 e. The first kappa shape index (κ1) is 21.2. The Labute approximate surface area is 182 Å². The van der Waals surface area contributed by atoms with Crippen LogP contribution in [0.15, 0.2) is 53.6 Å². The van der Waals surface area contributed by atoms with Gasteiger partial charge in [-0.2, -0.15) is 9.57 Å². The number of piperazine rings is 1. The average Bonchev–Trinajstić information content (AvgIpc) is 2.79. The summed E-state index contributed by atoms with van der Waals surface area (Å²) in [5.41, 5.74) is 2.33. The lowest BCUT2D eigenvalue weighted by molar-refractivity contribution is 0.194. The monoisotopic (exact) mass is 436 g/mol. The molecule has 0 spiro atoms. The van der Waals surface area contributed by atoms with Crippen LogP contribution in [-0.4, -0.2) is 66.9 Å². The van der Waals surface area contributed by atoms with E-state index in [2.05, 4.69) is 20.2 Å². The lowest BCUT2D eigenvalue weighted by Crippen LogP contribution is -2.49. The highest BCUT2D eigenvalue weighted by atomic mass is 32.2. The van der Waals surface area contributed by atoms with Crippen LogP contribution in [0.25, 0.3) is 10.9 Å². The Kier molecular flexibility index (Phi) is 6.13. The largest absolute Gasteiger partial charge is 0.369 e. The number of aryl methyl sites for hydroxylation is 1. The Morgan fingerprint density at radius 1 is 1.06 bits per heavy atom. The molecule has 0 atom stereocenters. The first-order valence-electron chi connectivity index (χ1n) is 10.2. The molecule has 1 N–H and O–H groups in total. The fourth-order valence-corrected chi connectivity index (χ4v) is 5.10. The molecule has 9 heteroatoms. The van der Waals surface area contributed by atoms with Gasteiger partial charge in [0, 0.05) is 56.5 Å². The molecule has 1 aliphatic rings. The number of aromatic nitrogens is 2. The third-order valence-electron chi connectivity index (χ3n) is 5.50. The van der Waals surface area contributed by atoms with E-state index in [1.54, 1.807) is 6.20 Å². The maximum Gasteiger partial charge on any atom is 0.243 e. The minimum absolute atomic E-state index is 0.231. The Bertz CT molecular complexity index is 1210. The zero-order chi connectivity index (χ0) is 21.8. The molecule has 4 rings (SSSR count). The van der Waals surface area contributed by atoms with E-state index < -0.39 is 10.0 Å². The van der Waals surface area contributed by atoms with Crippen molar-refractivity contribution in [1.82, 2.24) is 19.2 Å². The first-order chi connectivity index (χ1) is 15.0. The van der Waals surface area contributed by atoms with Crippen molar-refractivity contribution in [2.45, 2.75) is 11.8 Å². The number of pyridine rings is 2. The lowest BCUT2D eigenvalue weighted by Gasteiger charge is -2.34. The predicted octanol–water partition coefficient (Wildman–Crippen LogP) is 2.23. The molecule has 160 valence electrons. The van der Waals surface area contributed by atoms with Gasteiger partial charge in [0.25, 0.3) is 0 Å². The van der Waals surface area contributed by atoms with Crippen molar-refractivity contribution in [2.75, 3.05) is 44.6 Å². The molecule has 1 aromatic carbocycles. The minimum atomic E-state index is -3.53. The van der Waals surface area contributed by atoms with Crippen molar-refractivity contribution in [3.63, 3.8) is 0 Å². The van der Waals surface area contributed by atoms with Crippen LogP contribution in [0.1, 0.15) is 11.3 Å². The van der Waals surface area contributed by atoms with Gasteiger partial charge >= 0.3 is 0 Å². The number of hydrogen-bond acceptors (Lipinski definition) is 7. The predicted molar refractivity (Wildman–Crippen MR) is 119 cm³/mol. The smallest absolute Gasteiger partial charge is 0.243 e. The molecule has 31 heavy (non-hydrogen) atoms. The van der Waals surface area contributed by atoms with Crippen molar-refractivity contribution in [1.29, 1.82) is 5.26 Å². The van der Waals surface area contributed by atoms with Gasteiger partial charge in [-0.05, 0) is 49.4 Å². The highest BCUT2D eigenvalue weighted by molar-refractivity contribution is 7.89. The van der Waals surface area contributed by atoms with Gasteiger partial charge in [-0.3, -0.25) is 9.88 Å². The summed E-state index contributed by atoms with van der Waals surface area (Å²) >= 11 is 0. The van der Waals surface area contributed by atoms with E-state index in [1.807, 2.05) is 31.2 Å². The van der Waals surface area contributed by atoms with Crippen molar-refractivity contribution in [3.8, 4) is 6.07 Å². The standard InChI is InChI=1S/C22H24N6O2S/c1-17-20-6-7-22(26-21(20)8-9-24-17)25-10-11-27-12-14-28(15-13-27)31(29,30)19-4-2-18(16-23)3-5-19/h2-9H,10-15H2,1H3,(H,25,26). The van der Waals surface area contributed by atoms with E-state index in [9.17, 15) is 8.42 Å². The number of sulfonamides is 1. The Hall–Kier alpha value is -3.06. The molecule has 0 amide bonds. The summed E-state index contributed by atoms with van der Waals surface area (Å²) in [5, 5.41) is 13.3. The zero-order valence-corrected chi connectivity index (χ0v) is 18.1. The summed E-state index contributed by atoms with van der Waals surface area (Å²) in [6, 6.07) is 14.0. The van der Waals surface area contributed by atoms with E-state index in [4.69, 9.17) is 5.26 Å². The van der Waals surface area contributed by atoms with E-state index in [0.29, 0.717) is 31.7 Å². The van der Waals surface area contributed by atoms with Gasteiger partial charge in [-0.15, -0.1) is 0 Å². The molecule has 1 fully saturated rings. The Morgan fingerprint density at radius 2 is 1.81 bits per heavy atom. The summed E-state index contributed by atoms with van der Waals surface area (Å²) in [5.74, 6) is 0.820. The summed E-state index contributed by atoms with van der Waals surface area (Å²) in [7, 11) is -3.53. The third-order valence-corrected chi connectivity index (χ3v) is 7.41. The van der Waals surface area contributed by atoms with E-state index in [-0.39, 0.29) is 4.90 Å². The number of hydrogen-bond donors (Lipinski definition) is 1. The summed E-state index contributed by atoms with van der Waals surface area (Å²) in [6.07, 6.45) is 1.76. The molecule has 3 heterocycles. The second-order valence-electron chi connectivity index (χ2n) is 7.47. The van der Waals surface area contributed by atoms with Crippen LogP contribution in [0.5, 0.6) is 0 Å². The molecular weight excluding hydrogens is 412 g/mol. The second kappa shape index (κ2) is 8.98. The molecule has 0 radical (unpaired) electrons. The van der Waals surface area contributed by atoms with Crippen LogP contribution in [0.3, 0.4) is 0 Å². The molecule has 1 saturated heterocycles. The average molecular weight is 437 g/mol. The topological polar surface area (TPSA) is 102 Å². The van der Waals surface area contributed by atoms with Crippen molar-refractivity contribution < 1.29 is 8.42 Å². The highest BCUT2D eigenvalue weighted by Gasteiger charge is 2.28. The second-order valence-corrected chi connectivity index (χ2v) is 9.41. The maximum atomic E-state index is 12.8. The number of nitriles is 1. The number of nitrogens with zero attached hydrogens (tertiary/aromatic N) is 5. The summed E-state index contributed by atoms with van der Waals surface area (Å²) < 4.78 is 27.2. The molecular formula is C22H24N6O2S. The summed E-state index contributed by atoms with van der Waals surface area (Å²) in [6.45, 7) is 5.75. The first-order valence-corrected chi connectivity index (χ1v) is 11.6. The van der Waals surface area contributed by atoms with Crippen LogP contribution in [0.4, 0.5) is 5.82 Å². The number of fused-ring (bicyclic) bond motifs is 1. The van der Waals surface area contributed by atoms with Gasteiger partial charge in [-0.1, -0.05) is 0 Å². The number of benzene rings is 1. The zero-order valence-electron chi connectivity index (χ0n) is 17.3. The van der Waals surface area contributed by atoms with Gasteiger partial charge in [0.15, 0.2) is 0 Å². The van der Waals surface area contributed by atoms with Gasteiger partial charge in [0.1, 0.15) is 5.82 Å². The van der Waals surface area contributed by atoms with E-state index in [0.717, 1.165) is 35.5 Å². The van der Waals surface area contributed by atoms with Crippen LogP contribution < -0.4 is 5.32 Å². The SMILES string of the molecule is Cc1nccc2nc(NCCN3CCN(S(=O)(=O)c4ccc(C#N)cc4)CC3)ccc12. The third kappa shape index (κ3) is 4.66. The van der Waals surface area contributed by atoms with E-state index in [1.165, 1.54) is 28.6 Å². The van der Waals surface area contributed by atoms with Gasteiger partial charge in [-0.25, -0.2) is 13.4 Å². The van der Waals surface area contributed by atoms with E-state index >= 15 is 0 Å². The van der Waals surface area contributed by atoms with Gasteiger partial charge < -0.3 is 5.32 Å². The fraction of sp³-hybridized carbons (Fsp3) is 0.318. The maximum absolute atomic E-state index is 12.8. The van der Waals surface area contributed by atoms with Crippen LogP contribution in [-0.2, 0) is 10.0 Å². The van der Waals surface area contributed by atoms with Gasteiger partial charge in [0.2, 0.25) is 10.0 Å². The van der Waals surface area contributed by atoms with Crippen LogP contribution in [0.2, 0.25) is 0 Å². The quantitative estimate of drug-likeness (QED) is 0.632. The highest BCUT2D eigenvalue weighted by Crippen LogP contribution is 2.19. The normalized spacial score (nSPS) is 15.6. The molecule has 0 aliphatic carbocycles. The van der Waals surface area contributed by atoms with Crippen LogP contribution >= 0.6 is 0 Å². The molecule has 1 aliphatic heterocycles. The molecule has 0 bridgehead atoms. The Balaban J connectivity index is 1.29. The summed E-state index contributed by atoms with van der Waals surface area (Å²) in [4.78, 5) is 11.4. The molecule has 3 aromatic rings. The number of anilines is 1. The number of nitrogens with one attached hydrogen (secondary N) is 1. The van der Waals surface area contributed by atoms with Crippen molar-refractivity contribution >= 4 is 26.7 Å². The molecule has 0 unspecified atom stereocenters. The Morgan fingerprint density at radius 3 is 2.52 bits per heavy atom. The van der Waals surface area contributed by atoms with Crippen LogP contribution in [0, 0.1) is 18.3 Å².